The van der Waals surface area contributed by atoms with Crippen LogP contribution in [0.4, 0.5) is 8.78 Å². The molecule has 13 nitrogen and oxygen atoms in total. The Morgan fingerprint density at radius 2 is 1.93 bits per heavy atom. The zero-order valence-corrected chi connectivity index (χ0v) is 26.6. The van der Waals surface area contributed by atoms with Crippen LogP contribution in [-0.4, -0.2) is 77.6 Å². The molecule has 0 radical (unpaired) electrons. The van der Waals surface area contributed by atoms with Crippen molar-refractivity contribution >= 4 is 53.8 Å². The smallest absolute Gasteiger partial charge is 0.335 e. The van der Waals surface area contributed by atoms with Crippen molar-refractivity contribution in [3.63, 3.8) is 0 Å². The highest BCUT2D eigenvalue weighted by Gasteiger charge is 2.47. The van der Waals surface area contributed by atoms with E-state index in [0.717, 1.165) is 0 Å². The van der Waals surface area contributed by atoms with Gasteiger partial charge in [-0.15, -0.1) is 10.2 Å². The zero-order chi connectivity index (χ0) is 32.2. The number of nitrogens with one attached hydrogen (secondary N) is 1. The summed E-state index contributed by atoms with van der Waals surface area (Å²) in [5.41, 5.74) is -0.170. The number of carbonyl (C=O) groups excluding carboxylic acids is 1. The minimum Gasteiger partial charge on any atom is -0.463 e. The summed E-state index contributed by atoms with van der Waals surface area (Å²) in [5, 5.41) is 20.3. The number of alkyl halides is 2. The van der Waals surface area contributed by atoms with E-state index in [2.05, 4.69) is 20.0 Å². The van der Waals surface area contributed by atoms with Crippen LogP contribution < -0.4 is 4.72 Å². The Kier molecular flexibility index (Phi) is 8.39. The molecule has 2 aliphatic rings. The minimum atomic E-state index is -4.32. The fourth-order valence-corrected chi connectivity index (χ4v) is 8.36. The Hall–Kier alpha value is -3.37. The summed E-state index contributed by atoms with van der Waals surface area (Å²) in [4.78, 5) is 13.0. The van der Waals surface area contributed by atoms with Crippen LogP contribution in [0.5, 0.6) is 0 Å². The standard InChI is InChI=1S/C26H29F2N7O6S3/c1-5-41-25(36)19-12-35(44(39,40)14(2)3)9-6-16(19)17-10-15(43(37,38)33-26(13-29)7-8-26)11-18-20(32-34(4)21(17)18)23-30-31-24(42-23)22(27)28/h10-11,14,22,33H,5-9,12H2,1-4H3. The van der Waals surface area contributed by atoms with Gasteiger partial charge in [0.05, 0.1) is 33.9 Å². The highest BCUT2D eigenvalue weighted by Crippen LogP contribution is 2.41. The van der Waals surface area contributed by atoms with Crippen LogP contribution in [-0.2, 0) is 36.6 Å². The maximum Gasteiger partial charge on any atom is 0.335 e. The molecule has 3 aromatic rings. The largest absolute Gasteiger partial charge is 0.463 e. The number of fused-ring (bicyclic) bond motifs is 1. The average molecular weight is 670 g/mol. The molecule has 5 rings (SSSR count). The molecule has 1 aliphatic heterocycles. The van der Waals surface area contributed by atoms with Crippen molar-refractivity contribution < 1.29 is 35.1 Å². The number of ether oxygens (including phenoxy) is 1. The summed E-state index contributed by atoms with van der Waals surface area (Å²) in [5.74, 6) is -0.764. The highest BCUT2D eigenvalue weighted by molar-refractivity contribution is 7.90. The highest BCUT2D eigenvalue weighted by atomic mass is 32.2. The summed E-state index contributed by atoms with van der Waals surface area (Å²) in [6.07, 6.45) is -2.19. The number of carbonyl (C=O) groups is 1. The second-order valence-electron chi connectivity index (χ2n) is 10.7. The lowest BCUT2D eigenvalue weighted by atomic mass is 9.92. The van der Waals surface area contributed by atoms with Gasteiger partial charge >= 0.3 is 5.97 Å². The second kappa shape index (κ2) is 11.5. The van der Waals surface area contributed by atoms with Gasteiger partial charge in [0.15, 0.2) is 10.0 Å². The number of benzene rings is 1. The molecular weight excluding hydrogens is 641 g/mol. The fourth-order valence-electron chi connectivity index (χ4n) is 4.99. The molecule has 1 aliphatic carbocycles. The SMILES string of the molecule is CCOC(=O)C1=C(c2cc(S(=O)(=O)NC3(C#N)CC3)cc3c(-c4nnc(C(F)F)s4)nn(C)c23)CCN(S(=O)(=O)C(C)C)C1. The third-order valence-electron chi connectivity index (χ3n) is 7.46. The van der Waals surface area contributed by atoms with Crippen molar-refractivity contribution in [2.75, 3.05) is 19.7 Å². The van der Waals surface area contributed by atoms with E-state index in [0.29, 0.717) is 35.3 Å². The molecule has 1 saturated carbocycles. The van der Waals surface area contributed by atoms with E-state index in [1.54, 1.807) is 14.0 Å². The summed E-state index contributed by atoms with van der Waals surface area (Å²) in [6.45, 7) is 4.37. The number of aryl methyl sites for hydroxylation is 1. The predicted molar refractivity (Wildman–Crippen MR) is 156 cm³/mol. The fraction of sp³-hybridized carbons (Fsp3) is 0.500. The lowest BCUT2D eigenvalue weighted by molar-refractivity contribution is -0.138. The van der Waals surface area contributed by atoms with Gasteiger partial charge in [0.25, 0.3) is 6.43 Å². The van der Waals surface area contributed by atoms with Gasteiger partial charge in [-0.3, -0.25) is 4.68 Å². The van der Waals surface area contributed by atoms with E-state index < -0.39 is 48.2 Å². The van der Waals surface area contributed by atoms with Crippen molar-refractivity contribution in [1.82, 2.24) is 29.0 Å². The number of sulfonamides is 2. The maximum absolute atomic E-state index is 13.6. The third kappa shape index (κ3) is 5.74. The average Bonchev–Trinajstić information content (AvgIpc) is 3.40. The Bertz CT molecular complexity index is 1940. The Balaban J connectivity index is 1.78. The maximum atomic E-state index is 13.6. The van der Waals surface area contributed by atoms with Gasteiger partial charge in [-0.1, -0.05) is 11.3 Å². The molecule has 18 heteroatoms. The van der Waals surface area contributed by atoms with Gasteiger partial charge in [-0.2, -0.15) is 19.4 Å². The van der Waals surface area contributed by atoms with Crippen LogP contribution in [0.2, 0.25) is 0 Å². The van der Waals surface area contributed by atoms with Crippen molar-refractivity contribution in [3.8, 4) is 16.8 Å². The molecule has 1 fully saturated rings. The van der Waals surface area contributed by atoms with Crippen molar-refractivity contribution in [2.24, 2.45) is 7.05 Å². The van der Waals surface area contributed by atoms with Gasteiger partial charge in [0.2, 0.25) is 20.0 Å². The van der Waals surface area contributed by atoms with E-state index in [1.807, 2.05) is 6.07 Å². The zero-order valence-electron chi connectivity index (χ0n) is 24.2. The second-order valence-corrected chi connectivity index (χ2v) is 15.9. The van der Waals surface area contributed by atoms with Crippen molar-refractivity contribution in [2.45, 2.75) is 62.1 Å². The van der Waals surface area contributed by atoms with Gasteiger partial charge in [0, 0.05) is 31.1 Å². The van der Waals surface area contributed by atoms with Gasteiger partial charge in [-0.05, 0) is 57.7 Å². The lowest BCUT2D eigenvalue weighted by Crippen LogP contribution is -2.42. The normalized spacial score (nSPS) is 17.4. The predicted octanol–water partition coefficient (Wildman–Crippen LogP) is 3.12. The van der Waals surface area contributed by atoms with Crippen LogP contribution in [0, 0.1) is 11.3 Å². The van der Waals surface area contributed by atoms with E-state index in [4.69, 9.17) is 4.74 Å². The van der Waals surface area contributed by atoms with Crippen LogP contribution in [0.15, 0.2) is 22.6 Å². The molecule has 1 aromatic carbocycles. The van der Waals surface area contributed by atoms with Crippen LogP contribution in [0.3, 0.4) is 0 Å². The van der Waals surface area contributed by atoms with Crippen LogP contribution >= 0.6 is 11.3 Å². The number of halogens is 2. The Morgan fingerprint density at radius 1 is 1.23 bits per heavy atom. The van der Waals surface area contributed by atoms with Crippen molar-refractivity contribution in [3.05, 3.63) is 28.3 Å². The summed E-state index contributed by atoms with van der Waals surface area (Å²) < 4.78 is 90.4. The van der Waals surface area contributed by atoms with E-state index in [1.165, 1.54) is 35.0 Å². The van der Waals surface area contributed by atoms with Gasteiger partial charge in [0.1, 0.15) is 11.2 Å². The first-order valence-electron chi connectivity index (χ1n) is 13.6. The van der Waals surface area contributed by atoms with E-state index in [-0.39, 0.29) is 58.2 Å². The molecule has 0 bridgehead atoms. The molecular formula is C26H29F2N7O6S3. The third-order valence-corrected chi connectivity index (χ3v) is 12.1. The quantitative estimate of drug-likeness (QED) is 0.316. The molecule has 0 atom stereocenters. The lowest BCUT2D eigenvalue weighted by Gasteiger charge is -2.31. The number of nitriles is 1. The molecule has 1 N–H and O–H groups in total. The van der Waals surface area contributed by atoms with E-state index >= 15 is 0 Å². The first kappa shape index (κ1) is 32.0. The number of aromatic nitrogens is 4. The number of rotatable bonds is 10. The molecule has 0 unspecified atom stereocenters. The number of nitrogens with zero attached hydrogens (tertiary/aromatic N) is 6. The van der Waals surface area contributed by atoms with Gasteiger partial charge in [-0.25, -0.2) is 30.4 Å². The molecule has 236 valence electrons. The number of hydrogen-bond donors (Lipinski definition) is 1. The molecule has 44 heavy (non-hydrogen) atoms. The molecule has 0 spiro atoms. The topological polar surface area (TPSA) is 177 Å². The molecule has 0 saturated heterocycles. The minimum absolute atomic E-state index is 0.00583. The Labute approximate surface area is 256 Å². The van der Waals surface area contributed by atoms with Crippen LogP contribution in [0.25, 0.3) is 27.2 Å². The first-order valence-corrected chi connectivity index (χ1v) is 17.4. The monoisotopic (exact) mass is 669 g/mol. The number of esters is 1. The Morgan fingerprint density at radius 3 is 2.50 bits per heavy atom. The van der Waals surface area contributed by atoms with E-state index in [9.17, 15) is 35.7 Å². The molecule has 0 amide bonds. The van der Waals surface area contributed by atoms with Crippen molar-refractivity contribution in [1.29, 1.82) is 5.26 Å². The summed E-state index contributed by atoms with van der Waals surface area (Å²) in [6, 6.07) is 4.64. The molecule has 3 heterocycles. The van der Waals surface area contributed by atoms with Gasteiger partial charge < -0.3 is 4.74 Å². The summed E-state index contributed by atoms with van der Waals surface area (Å²) >= 11 is 0.603. The molecule has 2 aromatic heterocycles. The summed E-state index contributed by atoms with van der Waals surface area (Å²) in [7, 11) is -6.51. The number of hydrogen-bond acceptors (Lipinski definition) is 11. The first-order chi connectivity index (χ1) is 20.6. The van der Waals surface area contributed by atoms with Crippen LogP contribution in [0.1, 0.15) is 57.0 Å².